The first-order chi connectivity index (χ1) is 5.77. The third kappa shape index (κ3) is 1.88. The Morgan fingerprint density at radius 3 is 2.77 bits per heavy atom. The first kappa shape index (κ1) is 10.2. The van der Waals surface area contributed by atoms with E-state index in [9.17, 15) is 0 Å². The van der Waals surface area contributed by atoms with Crippen LogP contribution < -0.4 is 34.4 Å². The maximum Gasteiger partial charge on any atom is 0.293 e. The fourth-order valence-electron chi connectivity index (χ4n) is 1.17. The minimum absolute atomic E-state index is 0. The van der Waals surface area contributed by atoms with Gasteiger partial charge in [-0.3, -0.25) is 5.73 Å². The molecule has 0 atom stereocenters. The molecule has 0 saturated heterocycles. The van der Waals surface area contributed by atoms with Gasteiger partial charge in [0.25, 0.3) is 5.82 Å². The van der Waals surface area contributed by atoms with E-state index < -0.39 is 0 Å². The summed E-state index contributed by atoms with van der Waals surface area (Å²) in [6, 6.07) is 9.82. The molecule has 1 heterocycles. The van der Waals surface area contributed by atoms with Crippen molar-refractivity contribution in [3.05, 3.63) is 30.3 Å². The lowest BCUT2D eigenvalue weighted by Gasteiger charge is -1.96. The van der Waals surface area contributed by atoms with Crippen LogP contribution in [0.2, 0.25) is 0 Å². The Hall–Kier alpha value is -0.910. The number of benzene rings is 1. The summed E-state index contributed by atoms with van der Waals surface area (Å²) in [4.78, 5) is 0. The van der Waals surface area contributed by atoms with Crippen LogP contribution in [0.5, 0.6) is 0 Å². The Balaban J connectivity index is 0.000000845. The molecule has 68 valence electrons. The summed E-state index contributed by atoms with van der Waals surface area (Å²) in [6.45, 7) is 0. The predicted molar refractivity (Wildman–Crippen MR) is 47.3 cm³/mol. The number of anilines is 1. The van der Waals surface area contributed by atoms with Gasteiger partial charge in [0.05, 0.1) is 0 Å². The molecule has 0 amide bonds. The third-order valence-corrected chi connectivity index (χ3v) is 1.87. The number of hydrogen-bond donors (Lipinski definition) is 1. The fourth-order valence-corrected chi connectivity index (χ4v) is 1.17. The van der Waals surface area contributed by atoms with E-state index >= 15 is 0 Å². The molecule has 0 aliphatic rings. The number of halogens is 1. The van der Waals surface area contributed by atoms with Crippen LogP contribution >= 0.6 is 0 Å². The highest BCUT2D eigenvalue weighted by molar-refractivity contribution is 5.78. The topological polar surface area (TPSA) is 42.8 Å². The maximum atomic E-state index is 5.69. The third-order valence-electron chi connectivity index (χ3n) is 1.87. The van der Waals surface area contributed by atoms with Crippen LogP contribution in [0.15, 0.2) is 30.3 Å². The Labute approximate surface area is 93.6 Å². The molecule has 0 saturated carbocycles. The predicted octanol–water partition coefficient (Wildman–Crippen LogP) is -2.35. The summed E-state index contributed by atoms with van der Waals surface area (Å²) in [7, 11) is 1.84. The smallest absolute Gasteiger partial charge is 0.293 e. The van der Waals surface area contributed by atoms with Gasteiger partial charge < -0.3 is 24.0 Å². The molecule has 0 spiro atoms. The number of hydrogen-bond acceptors (Lipinski definition) is 2. The largest absolute Gasteiger partial charge is 1.00 e. The van der Waals surface area contributed by atoms with Gasteiger partial charge in [-0.05, 0) is 6.07 Å². The number of aromatic nitrogens is 2. The number of nitrogen functional groups attached to an aromatic ring is 1. The van der Waals surface area contributed by atoms with Crippen LogP contribution in [0.25, 0.3) is 10.9 Å². The molecule has 13 heavy (non-hydrogen) atoms. The molecule has 3 nitrogen and oxygen atoms in total. The van der Waals surface area contributed by atoms with Crippen molar-refractivity contribution in [1.29, 1.82) is 0 Å². The van der Waals surface area contributed by atoms with E-state index in [0.717, 1.165) is 10.9 Å². The van der Waals surface area contributed by atoms with E-state index in [2.05, 4.69) is 5.10 Å². The Morgan fingerprint density at radius 1 is 1.31 bits per heavy atom. The van der Waals surface area contributed by atoms with E-state index in [-0.39, 0.29) is 24.0 Å². The van der Waals surface area contributed by atoms with E-state index in [1.54, 1.807) is 4.68 Å². The zero-order valence-electron chi connectivity index (χ0n) is 7.24. The highest BCUT2D eigenvalue weighted by atomic mass is 127. The summed E-state index contributed by atoms with van der Waals surface area (Å²) in [5, 5.41) is 5.34. The summed E-state index contributed by atoms with van der Waals surface area (Å²) >= 11 is 0. The van der Waals surface area contributed by atoms with Crippen molar-refractivity contribution in [2.75, 3.05) is 5.73 Å². The Morgan fingerprint density at radius 2 is 2.00 bits per heavy atom. The van der Waals surface area contributed by atoms with Gasteiger partial charge in [0.1, 0.15) is 12.6 Å². The number of aryl methyl sites for hydroxylation is 1. The lowest BCUT2D eigenvalue weighted by molar-refractivity contribution is -0.714. The second kappa shape index (κ2) is 3.87. The first-order valence-corrected chi connectivity index (χ1v) is 3.79. The number of nitrogens with zero attached hydrogens (tertiary/aromatic N) is 2. The monoisotopic (exact) mass is 287 g/mol. The van der Waals surface area contributed by atoms with Crippen LogP contribution in [0.1, 0.15) is 0 Å². The summed E-state index contributed by atoms with van der Waals surface area (Å²) in [6.07, 6.45) is 0. The standard InChI is InChI=1S/C9H9N3.HI/c1-12-9(10)6-7-4-2-3-5-8(7)11-12;/h2-6,10H,1H3;1H. The molecule has 0 bridgehead atoms. The summed E-state index contributed by atoms with van der Waals surface area (Å²) in [5.41, 5.74) is 6.65. The Kier molecular flexibility index (Phi) is 3.02. The van der Waals surface area contributed by atoms with Gasteiger partial charge in [-0.1, -0.05) is 23.3 Å². The van der Waals surface area contributed by atoms with E-state index in [1.807, 2.05) is 37.4 Å². The zero-order chi connectivity index (χ0) is 8.55. The van der Waals surface area contributed by atoms with Crippen molar-refractivity contribution >= 4 is 16.7 Å². The van der Waals surface area contributed by atoms with Gasteiger partial charge in [-0.15, -0.1) is 4.68 Å². The van der Waals surface area contributed by atoms with E-state index in [0.29, 0.717) is 5.82 Å². The van der Waals surface area contributed by atoms with Gasteiger partial charge in [-0.2, -0.15) is 0 Å². The van der Waals surface area contributed by atoms with Crippen LogP contribution in [-0.2, 0) is 7.05 Å². The molecule has 0 unspecified atom stereocenters. The molecule has 2 N–H and O–H groups in total. The molecule has 4 heteroatoms. The van der Waals surface area contributed by atoms with E-state index in [4.69, 9.17) is 5.73 Å². The molecule has 0 radical (unpaired) electrons. The molecular weight excluding hydrogens is 277 g/mol. The van der Waals surface area contributed by atoms with Gasteiger partial charge in [-0.25, -0.2) is 0 Å². The molecule has 0 aliphatic carbocycles. The lowest BCUT2D eigenvalue weighted by Crippen LogP contribution is -3.00. The Bertz CT molecular complexity index is 388. The van der Waals surface area contributed by atoms with Crippen LogP contribution in [-0.4, -0.2) is 5.10 Å². The lowest BCUT2D eigenvalue weighted by atomic mass is 10.2. The summed E-state index contributed by atoms with van der Waals surface area (Å²) < 4.78 is 1.67. The van der Waals surface area contributed by atoms with Crippen molar-refractivity contribution in [3.63, 3.8) is 0 Å². The van der Waals surface area contributed by atoms with Gasteiger partial charge >= 0.3 is 0 Å². The highest BCUT2D eigenvalue weighted by Crippen LogP contribution is 2.09. The van der Waals surface area contributed by atoms with Crippen molar-refractivity contribution in [2.24, 2.45) is 7.05 Å². The van der Waals surface area contributed by atoms with Crippen LogP contribution in [0, 0.1) is 0 Å². The molecule has 1 aromatic heterocycles. The van der Waals surface area contributed by atoms with E-state index in [1.165, 1.54) is 0 Å². The maximum absolute atomic E-state index is 5.69. The molecule has 2 rings (SSSR count). The fraction of sp³-hybridized carbons (Fsp3) is 0.111. The SMILES string of the molecule is C[n+]1nc2ccccc2cc1N.[I-]. The van der Waals surface area contributed by atoms with Crippen molar-refractivity contribution in [3.8, 4) is 0 Å². The van der Waals surface area contributed by atoms with Crippen molar-refractivity contribution < 1.29 is 28.7 Å². The second-order valence-corrected chi connectivity index (χ2v) is 2.75. The van der Waals surface area contributed by atoms with Gasteiger partial charge in [0, 0.05) is 11.5 Å². The average molecular weight is 287 g/mol. The average Bonchev–Trinajstić information content (AvgIpc) is 2.07. The second-order valence-electron chi connectivity index (χ2n) is 2.75. The van der Waals surface area contributed by atoms with Crippen molar-refractivity contribution in [2.45, 2.75) is 0 Å². The van der Waals surface area contributed by atoms with Crippen molar-refractivity contribution in [1.82, 2.24) is 5.10 Å². The normalized spacial score (nSPS) is 9.62. The number of fused-ring (bicyclic) bond motifs is 1. The molecule has 0 aliphatic heterocycles. The number of nitrogens with two attached hydrogens (primary N) is 1. The first-order valence-electron chi connectivity index (χ1n) is 3.79. The molecule has 1 aromatic carbocycles. The molecule has 0 fully saturated rings. The molecule has 2 aromatic rings. The van der Waals surface area contributed by atoms with Gasteiger partial charge in [0.15, 0.2) is 0 Å². The minimum Gasteiger partial charge on any atom is -1.00 e. The van der Waals surface area contributed by atoms with Crippen LogP contribution in [0.4, 0.5) is 5.82 Å². The number of rotatable bonds is 0. The minimum atomic E-state index is 0. The highest BCUT2D eigenvalue weighted by Gasteiger charge is 2.02. The molecular formula is C9H10IN3. The quantitative estimate of drug-likeness (QED) is 0.435. The van der Waals surface area contributed by atoms with Gasteiger partial charge in [0.2, 0.25) is 0 Å². The van der Waals surface area contributed by atoms with Crippen LogP contribution in [0.3, 0.4) is 0 Å². The summed E-state index contributed by atoms with van der Waals surface area (Å²) in [5.74, 6) is 0.675. The zero-order valence-corrected chi connectivity index (χ0v) is 9.39.